The molecule has 0 aromatic heterocycles. The van der Waals surface area contributed by atoms with E-state index in [-0.39, 0.29) is 24.0 Å². The van der Waals surface area contributed by atoms with Gasteiger partial charge in [0.05, 0.1) is 11.1 Å². The third-order valence-electron chi connectivity index (χ3n) is 4.79. The molecule has 2 aliphatic rings. The predicted molar refractivity (Wildman–Crippen MR) is 96.9 cm³/mol. The summed E-state index contributed by atoms with van der Waals surface area (Å²) in [4.78, 5) is 50.2. The number of nitrogens with one attached hydrogen (secondary N) is 2. The van der Waals surface area contributed by atoms with E-state index in [1.165, 1.54) is 0 Å². The summed E-state index contributed by atoms with van der Waals surface area (Å²) in [6.45, 7) is 0.497. The second kappa shape index (κ2) is 6.68. The standard InChI is InChI=1S/C20H17N3O4/c24-16-10-9-15(18(25)22-16)23-19(26)13-7-4-8-14(17(13)20(23)27)21-11-12-5-2-1-3-6-12/h1-8,15,21H,9-11H2,(H,22,24,25)/t15-/m1/s1. The van der Waals surface area contributed by atoms with Gasteiger partial charge in [0.15, 0.2) is 0 Å². The number of anilines is 1. The molecule has 7 nitrogen and oxygen atoms in total. The lowest BCUT2D eigenvalue weighted by atomic mass is 10.0. The number of carbonyl (C=O) groups excluding carboxylic acids is 4. The number of hydrogen-bond donors (Lipinski definition) is 2. The summed E-state index contributed by atoms with van der Waals surface area (Å²) in [5.41, 5.74) is 2.12. The first-order valence-electron chi connectivity index (χ1n) is 8.68. The Labute approximate surface area is 155 Å². The Bertz CT molecular complexity index is 955. The third kappa shape index (κ3) is 2.97. The van der Waals surface area contributed by atoms with E-state index in [1.54, 1.807) is 18.2 Å². The molecule has 1 atom stereocenters. The molecular weight excluding hydrogens is 346 g/mol. The molecule has 2 heterocycles. The van der Waals surface area contributed by atoms with E-state index in [0.717, 1.165) is 10.5 Å². The smallest absolute Gasteiger partial charge is 0.264 e. The van der Waals surface area contributed by atoms with Crippen molar-refractivity contribution >= 4 is 29.3 Å². The van der Waals surface area contributed by atoms with E-state index in [9.17, 15) is 19.2 Å². The fourth-order valence-corrected chi connectivity index (χ4v) is 3.46. The van der Waals surface area contributed by atoms with Crippen LogP contribution < -0.4 is 10.6 Å². The Balaban J connectivity index is 1.61. The van der Waals surface area contributed by atoms with Crippen LogP contribution >= 0.6 is 0 Å². The lowest BCUT2D eigenvalue weighted by molar-refractivity contribution is -0.136. The minimum Gasteiger partial charge on any atom is -0.380 e. The molecule has 0 aliphatic carbocycles. The summed E-state index contributed by atoms with van der Waals surface area (Å²) in [5, 5.41) is 5.40. The second-order valence-electron chi connectivity index (χ2n) is 6.51. The largest absolute Gasteiger partial charge is 0.380 e. The van der Waals surface area contributed by atoms with Crippen LogP contribution in [0.5, 0.6) is 0 Å². The van der Waals surface area contributed by atoms with Crippen molar-refractivity contribution < 1.29 is 19.2 Å². The molecule has 2 N–H and O–H groups in total. The molecule has 1 fully saturated rings. The molecule has 4 amide bonds. The van der Waals surface area contributed by atoms with E-state index >= 15 is 0 Å². The summed E-state index contributed by atoms with van der Waals surface area (Å²) in [6, 6.07) is 13.7. The normalized spacial score (nSPS) is 19.1. The molecular formula is C20H17N3O4. The number of rotatable bonds is 4. The number of carbonyl (C=O) groups is 4. The first kappa shape index (κ1) is 17.0. The van der Waals surface area contributed by atoms with Crippen molar-refractivity contribution in [2.45, 2.75) is 25.4 Å². The fraction of sp³-hybridized carbons (Fsp3) is 0.200. The maximum absolute atomic E-state index is 13.0. The van der Waals surface area contributed by atoms with Crippen LogP contribution in [0.4, 0.5) is 5.69 Å². The molecule has 2 aromatic carbocycles. The van der Waals surface area contributed by atoms with Gasteiger partial charge in [-0.05, 0) is 24.1 Å². The van der Waals surface area contributed by atoms with Crippen molar-refractivity contribution in [2.75, 3.05) is 5.32 Å². The van der Waals surface area contributed by atoms with Crippen molar-refractivity contribution in [3.8, 4) is 0 Å². The van der Waals surface area contributed by atoms with Crippen LogP contribution in [0.3, 0.4) is 0 Å². The van der Waals surface area contributed by atoms with Gasteiger partial charge in [-0.1, -0.05) is 36.4 Å². The Kier molecular flexibility index (Phi) is 4.19. The van der Waals surface area contributed by atoms with Crippen LogP contribution in [-0.2, 0) is 16.1 Å². The minimum atomic E-state index is -0.961. The molecule has 136 valence electrons. The summed E-state index contributed by atoms with van der Waals surface area (Å²) in [5.74, 6) is -2.02. The highest BCUT2D eigenvalue weighted by Gasteiger charge is 2.45. The summed E-state index contributed by atoms with van der Waals surface area (Å²) in [6.07, 6.45) is 0.242. The number of nitrogens with zero attached hydrogens (tertiary/aromatic N) is 1. The molecule has 7 heteroatoms. The average Bonchev–Trinajstić information content (AvgIpc) is 2.93. The Morgan fingerprint density at radius 2 is 1.74 bits per heavy atom. The average molecular weight is 363 g/mol. The molecule has 2 aliphatic heterocycles. The van der Waals surface area contributed by atoms with E-state index in [1.807, 2.05) is 30.3 Å². The molecule has 0 spiro atoms. The van der Waals surface area contributed by atoms with Gasteiger partial charge in [0.25, 0.3) is 11.8 Å². The quantitative estimate of drug-likeness (QED) is 0.806. The van der Waals surface area contributed by atoms with Gasteiger partial charge in [0.2, 0.25) is 11.8 Å². The topological polar surface area (TPSA) is 95.6 Å². The molecule has 0 radical (unpaired) electrons. The van der Waals surface area contributed by atoms with Crippen LogP contribution in [0.15, 0.2) is 48.5 Å². The summed E-state index contributed by atoms with van der Waals surface area (Å²) < 4.78 is 0. The van der Waals surface area contributed by atoms with Crippen LogP contribution in [0.1, 0.15) is 39.1 Å². The maximum Gasteiger partial charge on any atom is 0.264 e. The first-order valence-corrected chi connectivity index (χ1v) is 8.68. The monoisotopic (exact) mass is 363 g/mol. The van der Waals surface area contributed by atoms with Gasteiger partial charge in [0.1, 0.15) is 6.04 Å². The molecule has 1 saturated heterocycles. The van der Waals surface area contributed by atoms with Gasteiger partial charge < -0.3 is 5.32 Å². The summed E-state index contributed by atoms with van der Waals surface area (Å²) in [7, 11) is 0. The SMILES string of the molecule is O=C1CC[C@@H](N2C(=O)c3cccc(NCc4ccccc4)c3C2=O)C(=O)N1. The molecule has 27 heavy (non-hydrogen) atoms. The Morgan fingerprint density at radius 1 is 0.963 bits per heavy atom. The molecule has 2 aromatic rings. The lowest BCUT2D eigenvalue weighted by Gasteiger charge is -2.27. The zero-order valence-corrected chi connectivity index (χ0v) is 14.4. The van der Waals surface area contributed by atoms with E-state index in [0.29, 0.717) is 12.2 Å². The van der Waals surface area contributed by atoms with Gasteiger partial charge in [0, 0.05) is 18.7 Å². The van der Waals surface area contributed by atoms with E-state index < -0.39 is 29.7 Å². The highest BCUT2D eigenvalue weighted by molar-refractivity contribution is 6.25. The van der Waals surface area contributed by atoms with Crippen LogP contribution in [0.25, 0.3) is 0 Å². The zero-order valence-electron chi connectivity index (χ0n) is 14.4. The van der Waals surface area contributed by atoms with Crippen molar-refractivity contribution in [1.29, 1.82) is 0 Å². The number of benzene rings is 2. The maximum atomic E-state index is 13.0. The van der Waals surface area contributed by atoms with Crippen molar-refractivity contribution in [3.05, 3.63) is 65.2 Å². The van der Waals surface area contributed by atoms with Crippen LogP contribution in [0, 0.1) is 0 Å². The molecule has 0 unspecified atom stereocenters. The third-order valence-corrected chi connectivity index (χ3v) is 4.79. The van der Waals surface area contributed by atoms with Gasteiger partial charge in [-0.25, -0.2) is 0 Å². The zero-order chi connectivity index (χ0) is 19.0. The first-order chi connectivity index (χ1) is 13.1. The molecule has 0 saturated carbocycles. The van der Waals surface area contributed by atoms with Crippen molar-refractivity contribution in [2.24, 2.45) is 0 Å². The van der Waals surface area contributed by atoms with E-state index in [2.05, 4.69) is 10.6 Å². The highest BCUT2D eigenvalue weighted by atomic mass is 16.2. The predicted octanol–water partition coefficient (Wildman–Crippen LogP) is 1.70. The minimum absolute atomic E-state index is 0.100. The second-order valence-corrected chi connectivity index (χ2v) is 6.51. The van der Waals surface area contributed by atoms with Crippen LogP contribution in [0.2, 0.25) is 0 Å². The highest BCUT2D eigenvalue weighted by Crippen LogP contribution is 2.32. The molecule has 0 bridgehead atoms. The summed E-state index contributed by atoms with van der Waals surface area (Å²) >= 11 is 0. The number of piperidine rings is 1. The Morgan fingerprint density at radius 3 is 2.48 bits per heavy atom. The number of hydrogen-bond acceptors (Lipinski definition) is 5. The van der Waals surface area contributed by atoms with Crippen molar-refractivity contribution in [1.82, 2.24) is 10.2 Å². The lowest BCUT2D eigenvalue weighted by Crippen LogP contribution is -2.54. The number of imide groups is 2. The number of amides is 4. The van der Waals surface area contributed by atoms with Crippen molar-refractivity contribution in [3.63, 3.8) is 0 Å². The number of fused-ring (bicyclic) bond motifs is 1. The van der Waals surface area contributed by atoms with Crippen LogP contribution in [-0.4, -0.2) is 34.6 Å². The van der Waals surface area contributed by atoms with Gasteiger partial charge in [-0.3, -0.25) is 29.4 Å². The van der Waals surface area contributed by atoms with Gasteiger partial charge in [-0.15, -0.1) is 0 Å². The Hall–Kier alpha value is -3.48. The molecule has 4 rings (SSSR count). The van der Waals surface area contributed by atoms with Gasteiger partial charge in [-0.2, -0.15) is 0 Å². The fourth-order valence-electron chi connectivity index (χ4n) is 3.46. The van der Waals surface area contributed by atoms with E-state index in [4.69, 9.17) is 0 Å². The van der Waals surface area contributed by atoms with Gasteiger partial charge >= 0.3 is 0 Å².